The number of hydrogen-bond acceptors (Lipinski definition) is 6. The first-order valence-corrected chi connectivity index (χ1v) is 9.94. The van der Waals surface area contributed by atoms with Gasteiger partial charge in [-0.25, -0.2) is 0 Å². The summed E-state index contributed by atoms with van der Waals surface area (Å²) in [5, 5.41) is 12.0. The van der Waals surface area contributed by atoms with Crippen molar-refractivity contribution in [3.63, 3.8) is 0 Å². The Hall–Kier alpha value is -2.09. The Balaban J connectivity index is 1.36. The lowest BCUT2D eigenvalue weighted by Gasteiger charge is -2.38. The molecule has 26 heavy (non-hydrogen) atoms. The summed E-state index contributed by atoms with van der Waals surface area (Å²) >= 11 is 1.34. The van der Waals surface area contributed by atoms with Gasteiger partial charge in [0.05, 0.1) is 11.8 Å². The van der Waals surface area contributed by atoms with Gasteiger partial charge >= 0.3 is 0 Å². The summed E-state index contributed by atoms with van der Waals surface area (Å²) in [6.07, 6.45) is 6.23. The highest BCUT2D eigenvalue weighted by Gasteiger charge is 2.56. The Morgan fingerprint density at radius 1 is 1.19 bits per heavy atom. The number of fused-ring (bicyclic) bond motifs is 1. The van der Waals surface area contributed by atoms with Crippen molar-refractivity contribution in [3.05, 3.63) is 17.2 Å². The zero-order chi connectivity index (χ0) is 18.4. The molecule has 2 heterocycles. The van der Waals surface area contributed by atoms with Crippen LogP contribution >= 0.6 is 11.3 Å². The molecule has 4 atom stereocenters. The highest BCUT2D eigenvalue weighted by Crippen LogP contribution is 2.49. The highest BCUT2D eigenvalue weighted by molar-refractivity contribution is 7.15. The van der Waals surface area contributed by atoms with Crippen molar-refractivity contribution in [1.29, 1.82) is 0 Å². The van der Waals surface area contributed by atoms with E-state index in [9.17, 15) is 14.4 Å². The SMILES string of the molecule is CC(C)c1nnc(NC(=O)CCN2C(=O)[C@@H]3[C@@H](C2=O)[C@H]2C=C[C@H]3CC2)s1. The molecule has 3 amide bonds. The number of hydrogen-bond donors (Lipinski definition) is 1. The smallest absolute Gasteiger partial charge is 0.233 e. The maximum atomic E-state index is 12.7. The molecule has 0 unspecified atom stereocenters. The van der Waals surface area contributed by atoms with E-state index in [-0.39, 0.29) is 60.3 Å². The summed E-state index contributed by atoms with van der Waals surface area (Å²) in [7, 11) is 0. The van der Waals surface area contributed by atoms with Gasteiger partial charge in [-0.15, -0.1) is 10.2 Å². The highest BCUT2D eigenvalue weighted by atomic mass is 32.1. The second-order valence-electron chi connectivity index (χ2n) is 7.57. The molecule has 0 spiro atoms. The van der Waals surface area contributed by atoms with E-state index >= 15 is 0 Å². The summed E-state index contributed by atoms with van der Waals surface area (Å²) in [5.74, 6) is -0.294. The van der Waals surface area contributed by atoms with Crippen molar-refractivity contribution in [2.75, 3.05) is 11.9 Å². The average molecular weight is 374 g/mol. The second kappa shape index (κ2) is 6.57. The Bertz CT molecular complexity index is 755. The fraction of sp³-hybridized carbons (Fsp3) is 0.611. The lowest BCUT2D eigenvalue weighted by molar-refractivity contribution is -0.140. The topological polar surface area (TPSA) is 92.3 Å². The summed E-state index contributed by atoms with van der Waals surface area (Å²) in [5.41, 5.74) is 0. The normalized spacial score (nSPS) is 29.6. The van der Waals surface area contributed by atoms with Crippen LogP contribution in [0.4, 0.5) is 5.13 Å². The molecule has 1 saturated heterocycles. The van der Waals surface area contributed by atoms with Crippen LogP contribution in [0.3, 0.4) is 0 Å². The van der Waals surface area contributed by atoms with E-state index in [0.717, 1.165) is 17.8 Å². The third kappa shape index (κ3) is 2.86. The number of imide groups is 1. The van der Waals surface area contributed by atoms with Crippen molar-refractivity contribution in [1.82, 2.24) is 15.1 Å². The van der Waals surface area contributed by atoms with Gasteiger partial charge in [-0.1, -0.05) is 37.3 Å². The first kappa shape index (κ1) is 17.3. The molecule has 5 rings (SSSR count). The summed E-state index contributed by atoms with van der Waals surface area (Å²) in [6.45, 7) is 4.15. The molecule has 8 heteroatoms. The van der Waals surface area contributed by atoms with E-state index < -0.39 is 0 Å². The van der Waals surface area contributed by atoms with Crippen molar-refractivity contribution >= 4 is 34.2 Å². The molecule has 0 radical (unpaired) electrons. The molecule has 3 aliphatic carbocycles. The molecule has 1 aliphatic heterocycles. The minimum Gasteiger partial charge on any atom is -0.300 e. The molecule has 1 aromatic rings. The van der Waals surface area contributed by atoms with Crippen LogP contribution < -0.4 is 5.32 Å². The Morgan fingerprint density at radius 2 is 1.81 bits per heavy atom. The molecular formula is C18H22N4O3S. The lowest BCUT2D eigenvalue weighted by Crippen LogP contribution is -2.38. The lowest BCUT2D eigenvalue weighted by atomic mass is 9.63. The van der Waals surface area contributed by atoms with Gasteiger partial charge in [-0.05, 0) is 24.7 Å². The van der Waals surface area contributed by atoms with E-state index in [2.05, 4.69) is 27.7 Å². The maximum Gasteiger partial charge on any atom is 0.233 e. The molecule has 1 saturated carbocycles. The third-order valence-electron chi connectivity index (χ3n) is 5.59. The van der Waals surface area contributed by atoms with Gasteiger partial charge in [0.15, 0.2) is 0 Å². The minimum atomic E-state index is -0.256. The minimum absolute atomic E-state index is 0.0796. The molecule has 0 aromatic carbocycles. The van der Waals surface area contributed by atoms with Gasteiger partial charge in [0, 0.05) is 18.9 Å². The standard InChI is InChI=1S/C18H22N4O3S/c1-9(2)15-20-21-18(26-15)19-12(23)7-8-22-16(24)13-10-3-4-11(6-5-10)14(13)17(22)25/h3-4,9-11,13-14H,5-8H2,1-2H3,(H,19,21,23)/t10-,11-,13-,14-/m0/s1. The van der Waals surface area contributed by atoms with Crippen LogP contribution in [0, 0.1) is 23.7 Å². The predicted molar refractivity (Wildman–Crippen MR) is 96.3 cm³/mol. The molecule has 2 fully saturated rings. The fourth-order valence-electron chi connectivity index (χ4n) is 4.27. The van der Waals surface area contributed by atoms with Crippen LogP contribution in [0.25, 0.3) is 0 Å². The first-order chi connectivity index (χ1) is 12.5. The van der Waals surface area contributed by atoms with E-state index in [1.165, 1.54) is 16.2 Å². The van der Waals surface area contributed by atoms with Gasteiger partial charge in [-0.3, -0.25) is 19.3 Å². The van der Waals surface area contributed by atoms with Gasteiger partial charge in [-0.2, -0.15) is 0 Å². The average Bonchev–Trinajstić information content (AvgIpc) is 3.19. The molecule has 138 valence electrons. The monoisotopic (exact) mass is 374 g/mol. The second-order valence-corrected chi connectivity index (χ2v) is 8.58. The van der Waals surface area contributed by atoms with E-state index in [1.54, 1.807) is 0 Å². The molecular weight excluding hydrogens is 352 g/mol. The van der Waals surface area contributed by atoms with Crippen molar-refractivity contribution in [2.24, 2.45) is 23.7 Å². The van der Waals surface area contributed by atoms with Gasteiger partial charge in [0.1, 0.15) is 5.01 Å². The molecule has 1 aromatic heterocycles. The summed E-state index contributed by atoms with van der Waals surface area (Å²) in [6, 6.07) is 0. The van der Waals surface area contributed by atoms with Crippen molar-refractivity contribution < 1.29 is 14.4 Å². The largest absolute Gasteiger partial charge is 0.300 e. The van der Waals surface area contributed by atoms with Crippen molar-refractivity contribution in [2.45, 2.75) is 39.0 Å². The number of carbonyl (C=O) groups excluding carboxylic acids is 3. The van der Waals surface area contributed by atoms with Crippen molar-refractivity contribution in [3.8, 4) is 0 Å². The van der Waals surface area contributed by atoms with E-state index in [4.69, 9.17) is 0 Å². The first-order valence-electron chi connectivity index (χ1n) is 9.12. The molecule has 1 N–H and O–H groups in total. The Kier molecular flexibility index (Phi) is 4.38. The van der Waals surface area contributed by atoms with Crippen LogP contribution in [0.15, 0.2) is 12.2 Å². The Morgan fingerprint density at radius 3 is 2.31 bits per heavy atom. The third-order valence-corrected chi connectivity index (χ3v) is 6.73. The zero-order valence-corrected chi connectivity index (χ0v) is 15.7. The van der Waals surface area contributed by atoms with Gasteiger partial charge < -0.3 is 5.32 Å². The zero-order valence-electron chi connectivity index (χ0n) is 14.8. The number of carbonyl (C=O) groups is 3. The maximum absolute atomic E-state index is 12.7. The Labute approximate surface area is 155 Å². The summed E-state index contributed by atoms with van der Waals surface area (Å²) in [4.78, 5) is 38.9. The number of nitrogens with one attached hydrogen (secondary N) is 1. The fourth-order valence-corrected chi connectivity index (χ4v) is 5.03. The van der Waals surface area contributed by atoms with Gasteiger partial charge in [0.2, 0.25) is 22.9 Å². The molecule has 2 bridgehead atoms. The molecule has 7 nitrogen and oxygen atoms in total. The molecule has 4 aliphatic rings. The van der Waals surface area contributed by atoms with Crippen LogP contribution in [0.5, 0.6) is 0 Å². The van der Waals surface area contributed by atoms with E-state index in [1.807, 2.05) is 13.8 Å². The van der Waals surface area contributed by atoms with Gasteiger partial charge in [0.25, 0.3) is 0 Å². The van der Waals surface area contributed by atoms with E-state index in [0.29, 0.717) is 5.13 Å². The number of allylic oxidation sites excluding steroid dienone is 2. The number of aromatic nitrogens is 2. The van der Waals surface area contributed by atoms with Crippen LogP contribution in [0.2, 0.25) is 0 Å². The predicted octanol–water partition coefficient (Wildman–Crippen LogP) is 2.19. The number of anilines is 1. The quantitative estimate of drug-likeness (QED) is 0.630. The van der Waals surface area contributed by atoms with Crippen LogP contribution in [-0.2, 0) is 14.4 Å². The number of rotatable bonds is 5. The number of amides is 3. The number of likely N-dealkylation sites (tertiary alicyclic amines) is 1. The number of nitrogens with zero attached hydrogens (tertiary/aromatic N) is 3. The summed E-state index contributed by atoms with van der Waals surface area (Å²) < 4.78 is 0. The van der Waals surface area contributed by atoms with Crippen LogP contribution in [0.1, 0.15) is 44.0 Å². The van der Waals surface area contributed by atoms with Crippen LogP contribution in [-0.4, -0.2) is 39.4 Å².